The summed E-state index contributed by atoms with van der Waals surface area (Å²) in [5.41, 5.74) is 0.430. The highest BCUT2D eigenvalue weighted by atomic mass is 16.5. The van der Waals surface area contributed by atoms with Gasteiger partial charge in [0, 0.05) is 30.7 Å². The van der Waals surface area contributed by atoms with Crippen LogP contribution in [0.3, 0.4) is 0 Å². The van der Waals surface area contributed by atoms with Crippen LogP contribution in [0.15, 0.2) is 0 Å². The minimum absolute atomic E-state index is 0.430. The van der Waals surface area contributed by atoms with E-state index in [2.05, 4.69) is 43.2 Å². The van der Waals surface area contributed by atoms with Crippen LogP contribution in [0.1, 0.15) is 32.6 Å². The van der Waals surface area contributed by atoms with Crippen molar-refractivity contribution in [3.63, 3.8) is 0 Å². The smallest absolute Gasteiger partial charge is 0.0620 e. The Morgan fingerprint density at radius 1 is 1.32 bits per heavy atom. The summed E-state index contributed by atoms with van der Waals surface area (Å²) in [6, 6.07) is 1.14. The van der Waals surface area contributed by atoms with Gasteiger partial charge in [0.15, 0.2) is 0 Å². The summed E-state index contributed by atoms with van der Waals surface area (Å²) in [5.74, 6) is 0. The maximum Gasteiger partial charge on any atom is 0.0620 e. The second kappa shape index (κ2) is 6.53. The molecule has 19 heavy (non-hydrogen) atoms. The van der Waals surface area contributed by atoms with Crippen molar-refractivity contribution < 1.29 is 4.74 Å². The molecule has 0 radical (unpaired) electrons. The molecule has 112 valence electrons. The SMILES string of the molecule is CC(CC1COCCN1)N(C)CC1(N(C)C)CCC1. The molecule has 2 fully saturated rings. The van der Waals surface area contributed by atoms with Crippen LogP contribution >= 0.6 is 0 Å². The fourth-order valence-electron chi connectivity index (χ4n) is 3.31. The van der Waals surface area contributed by atoms with Crippen molar-refractivity contribution in [2.75, 3.05) is 47.4 Å². The second-order valence-electron chi connectivity index (χ2n) is 6.70. The first-order valence-electron chi connectivity index (χ1n) is 7.72. The lowest BCUT2D eigenvalue weighted by Gasteiger charge is -2.50. The maximum absolute atomic E-state index is 5.54. The number of likely N-dealkylation sites (N-methyl/N-ethyl adjacent to an activating group) is 2. The Hall–Kier alpha value is -0.160. The molecule has 0 aromatic carbocycles. The Balaban J connectivity index is 1.79. The molecule has 0 aromatic rings. The van der Waals surface area contributed by atoms with E-state index in [4.69, 9.17) is 4.74 Å². The molecule has 0 bridgehead atoms. The monoisotopic (exact) mass is 269 g/mol. The number of hydrogen-bond acceptors (Lipinski definition) is 4. The Bertz CT molecular complexity index is 273. The summed E-state index contributed by atoms with van der Waals surface area (Å²) in [6.07, 6.45) is 5.27. The van der Waals surface area contributed by atoms with Crippen molar-refractivity contribution in [2.45, 2.75) is 50.2 Å². The molecular weight excluding hydrogens is 238 g/mol. The van der Waals surface area contributed by atoms with Gasteiger partial charge in [-0.2, -0.15) is 0 Å². The molecule has 1 saturated carbocycles. The van der Waals surface area contributed by atoms with Gasteiger partial charge in [0.2, 0.25) is 0 Å². The number of nitrogens with one attached hydrogen (secondary N) is 1. The highest BCUT2D eigenvalue weighted by molar-refractivity contribution is 4.98. The fraction of sp³-hybridized carbons (Fsp3) is 1.00. The van der Waals surface area contributed by atoms with E-state index in [1.165, 1.54) is 32.2 Å². The van der Waals surface area contributed by atoms with Crippen LogP contribution in [-0.2, 0) is 4.74 Å². The molecule has 2 rings (SSSR count). The van der Waals surface area contributed by atoms with E-state index in [1.807, 2.05) is 0 Å². The highest BCUT2D eigenvalue weighted by Crippen LogP contribution is 2.37. The van der Waals surface area contributed by atoms with Crippen LogP contribution in [0, 0.1) is 0 Å². The van der Waals surface area contributed by atoms with Gasteiger partial charge in [0.05, 0.1) is 13.2 Å². The van der Waals surface area contributed by atoms with E-state index in [1.54, 1.807) is 0 Å². The minimum atomic E-state index is 0.430. The molecule has 2 atom stereocenters. The molecule has 0 spiro atoms. The zero-order chi connectivity index (χ0) is 13.9. The number of ether oxygens (including phenoxy) is 1. The number of morpholine rings is 1. The average molecular weight is 269 g/mol. The van der Waals surface area contributed by atoms with Gasteiger partial charge in [0.25, 0.3) is 0 Å². The predicted molar refractivity (Wildman–Crippen MR) is 79.6 cm³/mol. The molecule has 1 heterocycles. The molecule has 1 aliphatic heterocycles. The van der Waals surface area contributed by atoms with Crippen LogP contribution in [0.5, 0.6) is 0 Å². The Labute approximate surface area is 118 Å². The fourth-order valence-corrected chi connectivity index (χ4v) is 3.31. The van der Waals surface area contributed by atoms with Crippen LogP contribution in [0.4, 0.5) is 0 Å². The summed E-state index contributed by atoms with van der Waals surface area (Å²) >= 11 is 0. The van der Waals surface area contributed by atoms with Crippen LogP contribution < -0.4 is 5.32 Å². The zero-order valence-electron chi connectivity index (χ0n) is 13.1. The number of rotatable bonds is 6. The van der Waals surface area contributed by atoms with Crippen LogP contribution in [-0.4, -0.2) is 74.9 Å². The van der Waals surface area contributed by atoms with Gasteiger partial charge in [-0.1, -0.05) is 0 Å². The summed E-state index contributed by atoms with van der Waals surface area (Å²) in [5, 5.41) is 3.56. The van der Waals surface area contributed by atoms with Gasteiger partial charge in [-0.15, -0.1) is 0 Å². The molecule has 4 nitrogen and oxygen atoms in total. The molecule has 1 aliphatic carbocycles. The number of nitrogens with zero attached hydrogens (tertiary/aromatic N) is 2. The number of hydrogen-bond donors (Lipinski definition) is 1. The van der Waals surface area contributed by atoms with Crippen molar-refractivity contribution in [1.29, 1.82) is 0 Å². The minimum Gasteiger partial charge on any atom is -0.379 e. The van der Waals surface area contributed by atoms with Gasteiger partial charge >= 0.3 is 0 Å². The van der Waals surface area contributed by atoms with Crippen molar-refractivity contribution in [2.24, 2.45) is 0 Å². The molecule has 1 saturated heterocycles. The van der Waals surface area contributed by atoms with E-state index >= 15 is 0 Å². The average Bonchev–Trinajstić information content (AvgIpc) is 2.34. The van der Waals surface area contributed by atoms with Gasteiger partial charge in [0.1, 0.15) is 0 Å². The molecule has 4 heteroatoms. The van der Waals surface area contributed by atoms with Crippen LogP contribution in [0.2, 0.25) is 0 Å². The molecular formula is C15H31N3O. The standard InChI is InChI=1S/C15H31N3O/c1-13(10-14-11-19-9-8-16-14)18(4)12-15(17(2)3)6-5-7-15/h13-14,16H,5-12H2,1-4H3. The molecule has 2 unspecified atom stereocenters. The van der Waals surface area contributed by atoms with Gasteiger partial charge in [-0.3, -0.25) is 0 Å². The first-order chi connectivity index (χ1) is 9.03. The van der Waals surface area contributed by atoms with Gasteiger partial charge in [-0.05, 0) is 53.8 Å². The van der Waals surface area contributed by atoms with E-state index in [0.29, 0.717) is 17.6 Å². The van der Waals surface area contributed by atoms with Gasteiger partial charge < -0.3 is 19.9 Å². The lowest BCUT2D eigenvalue weighted by atomic mass is 9.75. The third-order valence-corrected chi connectivity index (χ3v) is 5.15. The quantitative estimate of drug-likeness (QED) is 0.783. The summed E-state index contributed by atoms with van der Waals surface area (Å²) < 4.78 is 5.54. The molecule has 2 aliphatic rings. The van der Waals surface area contributed by atoms with Crippen molar-refractivity contribution in [3.05, 3.63) is 0 Å². The van der Waals surface area contributed by atoms with Gasteiger partial charge in [-0.25, -0.2) is 0 Å². The Morgan fingerprint density at radius 3 is 2.53 bits per heavy atom. The van der Waals surface area contributed by atoms with Crippen molar-refractivity contribution >= 4 is 0 Å². The Kier molecular flexibility index (Phi) is 5.23. The maximum atomic E-state index is 5.54. The van der Waals surface area contributed by atoms with E-state index in [-0.39, 0.29) is 0 Å². The first kappa shape index (κ1) is 15.2. The third kappa shape index (κ3) is 3.69. The van der Waals surface area contributed by atoms with E-state index in [9.17, 15) is 0 Å². The topological polar surface area (TPSA) is 27.7 Å². The first-order valence-corrected chi connectivity index (χ1v) is 7.72. The third-order valence-electron chi connectivity index (χ3n) is 5.15. The molecule has 0 amide bonds. The predicted octanol–water partition coefficient (Wildman–Crippen LogP) is 1.17. The second-order valence-corrected chi connectivity index (χ2v) is 6.70. The molecule has 0 aromatic heterocycles. The lowest BCUT2D eigenvalue weighted by molar-refractivity contribution is 0.0111. The van der Waals surface area contributed by atoms with E-state index < -0.39 is 0 Å². The largest absolute Gasteiger partial charge is 0.379 e. The summed E-state index contributed by atoms with van der Waals surface area (Å²) in [4.78, 5) is 4.97. The normalized spacial score (nSPS) is 28.4. The summed E-state index contributed by atoms with van der Waals surface area (Å²) in [7, 11) is 6.74. The molecule has 1 N–H and O–H groups in total. The Morgan fingerprint density at radius 2 is 2.05 bits per heavy atom. The zero-order valence-corrected chi connectivity index (χ0v) is 13.1. The van der Waals surface area contributed by atoms with E-state index in [0.717, 1.165) is 19.8 Å². The van der Waals surface area contributed by atoms with Crippen molar-refractivity contribution in [1.82, 2.24) is 15.1 Å². The summed E-state index contributed by atoms with van der Waals surface area (Å²) in [6.45, 7) is 6.28. The lowest BCUT2D eigenvalue weighted by Crippen LogP contribution is -2.58. The highest BCUT2D eigenvalue weighted by Gasteiger charge is 2.40. The van der Waals surface area contributed by atoms with Crippen LogP contribution in [0.25, 0.3) is 0 Å². The van der Waals surface area contributed by atoms with Crippen molar-refractivity contribution in [3.8, 4) is 0 Å².